The van der Waals surface area contributed by atoms with Gasteiger partial charge >= 0.3 is 11.7 Å². The average Bonchev–Trinajstić information content (AvgIpc) is 2.87. The quantitative estimate of drug-likeness (QED) is 0.308. The second kappa shape index (κ2) is 10.8. The number of methoxy groups -OCH3 is 1. The van der Waals surface area contributed by atoms with E-state index in [0.29, 0.717) is 15.9 Å². The third kappa shape index (κ3) is 5.34. The van der Waals surface area contributed by atoms with E-state index in [-0.39, 0.29) is 21.9 Å². The second-order valence-corrected chi connectivity index (χ2v) is 8.48. The molecule has 192 valence electrons. The molecular weight excluding hydrogens is 507 g/mol. The van der Waals surface area contributed by atoms with Gasteiger partial charge in [0, 0.05) is 17.8 Å². The lowest BCUT2D eigenvalue weighted by atomic mass is 10.0. The Morgan fingerprint density at radius 3 is 2.51 bits per heavy atom. The van der Waals surface area contributed by atoms with Crippen LogP contribution in [0.1, 0.15) is 31.6 Å². The van der Waals surface area contributed by atoms with Crippen molar-refractivity contribution in [3.8, 4) is 11.5 Å². The van der Waals surface area contributed by atoms with Crippen molar-refractivity contribution in [2.24, 2.45) is 0 Å². The van der Waals surface area contributed by atoms with E-state index >= 15 is 0 Å². The third-order valence-corrected chi connectivity index (χ3v) is 5.96. The van der Waals surface area contributed by atoms with Gasteiger partial charge in [0.2, 0.25) is 5.58 Å². The van der Waals surface area contributed by atoms with Crippen molar-refractivity contribution in [2.45, 2.75) is 32.1 Å². The van der Waals surface area contributed by atoms with E-state index < -0.39 is 41.4 Å². The smallest absolute Gasteiger partial charge is 0.423 e. The number of benzene rings is 2. The lowest BCUT2D eigenvalue weighted by molar-refractivity contribution is -0.156. The molecule has 2 aromatic carbocycles. The lowest BCUT2D eigenvalue weighted by Crippen LogP contribution is -2.40. The summed E-state index contributed by atoms with van der Waals surface area (Å²) in [5, 5.41) is 0.0725. The summed E-state index contributed by atoms with van der Waals surface area (Å²) in [6, 6.07) is 12.5. The Balaban J connectivity index is 1.65. The zero-order valence-electron chi connectivity index (χ0n) is 20.0. The number of pyridine rings is 1. The summed E-state index contributed by atoms with van der Waals surface area (Å²) >= 11 is 6.27. The van der Waals surface area contributed by atoms with Crippen LogP contribution in [0.2, 0.25) is 5.02 Å². The van der Waals surface area contributed by atoms with E-state index in [4.69, 9.17) is 30.2 Å². The normalized spacial score (nSPS) is 13.5. The molecule has 0 saturated carbocycles. The number of carbonyl (C=O) groups is 1. The van der Waals surface area contributed by atoms with Gasteiger partial charge in [-0.2, -0.15) is 0 Å². The summed E-state index contributed by atoms with van der Waals surface area (Å²) < 4.78 is 36.3. The van der Waals surface area contributed by atoms with Crippen molar-refractivity contribution in [1.29, 1.82) is 0 Å². The van der Waals surface area contributed by atoms with Crippen LogP contribution in [-0.2, 0) is 9.53 Å². The zero-order valence-corrected chi connectivity index (χ0v) is 20.8. The molecule has 0 spiro atoms. The predicted molar refractivity (Wildman–Crippen MR) is 133 cm³/mol. The van der Waals surface area contributed by atoms with Crippen molar-refractivity contribution in [2.75, 3.05) is 7.11 Å². The van der Waals surface area contributed by atoms with E-state index in [0.717, 1.165) is 6.07 Å². The first kappa shape index (κ1) is 25.9. The fourth-order valence-corrected chi connectivity index (χ4v) is 4.02. The van der Waals surface area contributed by atoms with Gasteiger partial charge in [-0.15, -0.1) is 0 Å². The first-order valence-electron chi connectivity index (χ1n) is 11.2. The van der Waals surface area contributed by atoms with E-state index in [2.05, 4.69) is 4.98 Å². The molecule has 0 fully saturated rings. The second-order valence-electron chi connectivity index (χ2n) is 8.07. The number of fused-ring (bicyclic) bond motifs is 1. The molecule has 9 nitrogen and oxygen atoms in total. The number of aromatic nitrogens is 2. The highest BCUT2D eigenvalue weighted by atomic mass is 35.5. The SMILES string of the molecule is COc1ccnc2c(=O)n([C@@H](C)C(=O)O[C@@H](C)[C@H](Oc3ccccc3)c3ccc(F)cc3Cl)c(=O)oc12. The Morgan fingerprint density at radius 2 is 1.84 bits per heavy atom. The average molecular weight is 529 g/mol. The van der Waals surface area contributed by atoms with Crippen LogP contribution in [0.4, 0.5) is 4.39 Å². The van der Waals surface area contributed by atoms with Crippen LogP contribution < -0.4 is 20.8 Å². The van der Waals surface area contributed by atoms with Crippen molar-refractivity contribution in [3.05, 3.63) is 98.1 Å². The predicted octanol–water partition coefficient (Wildman–Crippen LogP) is 4.46. The third-order valence-electron chi connectivity index (χ3n) is 5.63. The highest BCUT2D eigenvalue weighted by Crippen LogP contribution is 2.32. The minimum Gasteiger partial charge on any atom is -0.493 e. The molecule has 2 heterocycles. The molecule has 3 atom stereocenters. The van der Waals surface area contributed by atoms with Crippen molar-refractivity contribution < 1.29 is 27.8 Å². The van der Waals surface area contributed by atoms with Gasteiger partial charge in [-0.3, -0.25) is 4.79 Å². The number of esters is 1. The van der Waals surface area contributed by atoms with Gasteiger partial charge in [0.15, 0.2) is 17.4 Å². The van der Waals surface area contributed by atoms with Gasteiger partial charge in [0.25, 0.3) is 5.56 Å². The van der Waals surface area contributed by atoms with E-state index in [1.807, 2.05) is 0 Å². The fourth-order valence-electron chi connectivity index (χ4n) is 3.75. The Kier molecular flexibility index (Phi) is 7.58. The van der Waals surface area contributed by atoms with Crippen LogP contribution >= 0.6 is 11.6 Å². The molecule has 37 heavy (non-hydrogen) atoms. The molecule has 0 N–H and O–H groups in total. The summed E-state index contributed by atoms with van der Waals surface area (Å²) in [5.41, 5.74) is -0.790. The van der Waals surface area contributed by atoms with Crippen molar-refractivity contribution in [3.63, 3.8) is 0 Å². The highest BCUT2D eigenvalue weighted by molar-refractivity contribution is 6.31. The maximum atomic E-state index is 13.7. The molecule has 0 amide bonds. The maximum absolute atomic E-state index is 13.7. The van der Waals surface area contributed by atoms with Crippen LogP contribution in [0.25, 0.3) is 11.1 Å². The van der Waals surface area contributed by atoms with Gasteiger partial charge in [0.05, 0.1) is 12.1 Å². The standard InChI is InChI=1S/C26H22ClFN2O7/c1-14(30-24(31)21-23(37-26(30)33)20(34-3)11-12-29-21)25(32)35-15(2)22(36-17-7-5-4-6-8-17)18-10-9-16(28)13-19(18)27/h4-15,22H,1-3H3/t14-,15-,22-/m0/s1. The van der Waals surface area contributed by atoms with Gasteiger partial charge in [0.1, 0.15) is 23.7 Å². The number of hydrogen-bond donors (Lipinski definition) is 0. The van der Waals surface area contributed by atoms with Crippen LogP contribution in [0.3, 0.4) is 0 Å². The first-order chi connectivity index (χ1) is 17.7. The maximum Gasteiger partial charge on any atom is 0.423 e. The number of rotatable bonds is 8. The summed E-state index contributed by atoms with van der Waals surface area (Å²) in [5.74, 6) is -1.94. The van der Waals surface area contributed by atoms with Crippen LogP contribution in [0.5, 0.6) is 11.5 Å². The van der Waals surface area contributed by atoms with Gasteiger partial charge in [-0.1, -0.05) is 35.9 Å². The number of halogens is 2. The summed E-state index contributed by atoms with van der Waals surface area (Å²) in [6.45, 7) is 2.87. The number of ether oxygens (including phenoxy) is 3. The zero-order chi connectivity index (χ0) is 26.7. The minimum absolute atomic E-state index is 0.0725. The fraction of sp³-hybridized carbons (Fsp3) is 0.231. The molecule has 0 aliphatic rings. The Hall–Kier alpha value is -4.18. The van der Waals surface area contributed by atoms with Crippen LogP contribution in [0, 0.1) is 5.82 Å². The number of para-hydroxylation sites is 1. The van der Waals surface area contributed by atoms with E-state index in [9.17, 15) is 18.8 Å². The molecule has 0 bridgehead atoms. The van der Waals surface area contributed by atoms with Crippen molar-refractivity contribution >= 4 is 28.7 Å². The molecule has 4 aromatic rings. The monoisotopic (exact) mass is 528 g/mol. The van der Waals surface area contributed by atoms with Gasteiger partial charge in [-0.05, 0) is 38.1 Å². The minimum atomic E-state index is -1.37. The van der Waals surface area contributed by atoms with Gasteiger partial charge < -0.3 is 18.6 Å². The molecular formula is C26H22ClFN2O7. The Bertz CT molecular complexity index is 1550. The number of hydrogen-bond acceptors (Lipinski definition) is 8. The molecule has 0 aliphatic carbocycles. The summed E-state index contributed by atoms with van der Waals surface area (Å²) in [6.07, 6.45) is -0.600. The molecule has 0 unspecified atom stereocenters. The Morgan fingerprint density at radius 1 is 1.11 bits per heavy atom. The lowest BCUT2D eigenvalue weighted by Gasteiger charge is -2.27. The van der Waals surface area contributed by atoms with Crippen LogP contribution in [-0.4, -0.2) is 28.7 Å². The van der Waals surface area contributed by atoms with Crippen LogP contribution in [0.15, 0.2) is 74.8 Å². The highest BCUT2D eigenvalue weighted by Gasteiger charge is 2.31. The number of nitrogens with zero attached hydrogens (tertiary/aromatic N) is 2. The first-order valence-corrected chi connectivity index (χ1v) is 11.5. The molecule has 2 aromatic heterocycles. The molecule has 11 heteroatoms. The number of carbonyl (C=O) groups excluding carboxylic acids is 1. The molecule has 4 rings (SSSR count). The summed E-state index contributed by atoms with van der Waals surface area (Å²) in [7, 11) is 1.35. The molecule has 0 radical (unpaired) electrons. The largest absolute Gasteiger partial charge is 0.493 e. The van der Waals surface area contributed by atoms with Gasteiger partial charge in [-0.25, -0.2) is 23.5 Å². The summed E-state index contributed by atoms with van der Waals surface area (Å²) in [4.78, 5) is 42.7. The van der Waals surface area contributed by atoms with Crippen molar-refractivity contribution in [1.82, 2.24) is 9.55 Å². The molecule has 0 aliphatic heterocycles. The molecule has 0 saturated heterocycles. The topological polar surface area (TPSA) is 110 Å². The Labute approximate surface area is 215 Å². The van der Waals surface area contributed by atoms with E-state index in [1.165, 1.54) is 38.4 Å². The van der Waals surface area contributed by atoms with E-state index in [1.54, 1.807) is 37.3 Å².